The van der Waals surface area contributed by atoms with Crippen molar-refractivity contribution >= 4 is 33.5 Å². The highest BCUT2D eigenvalue weighted by molar-refractivity contribution is 7.89. The molecule has 1 aromatic rings. The monoisotopic (exact) mass is 442 g/mol. The summed E-state index contributed by atoms with van der Waals surface area (Å²) in [6.45, 7) is 3.73. The van der Waals surface area contributed by atoms with Crippen LogP contribution in [0.25, 0.3) is 0 Å². The van der Waals surface area contributed by atoms with Crippen LogP contribution < -0.4 is 0 Å². The van der Waals surface area contributed by atoms with E-state index in [4.69, 9.17) is 16.3 Å². The molecular weight excluding hydrogens is 416 g/mol. The van der Waals surface area contributed by atoms with Gasteiger partial charge in [0, 0.05) is 31.2 Å². The molecule has 0 N–H and O–H groups in total. The zero-order chi connectivity index (χ0) is 21.0. The van der Waals surface area contributed by atoms with E-state index in [1.165, 1.54) is 16.4 Å². The number of rotatable bonds is 5. The maximum Gasteiger partial charge on any atom is 0.309 e. The summed E-state index contributed by atoms with van der Waals surface area (Å²) in [4.78, 5) is 26.8. The lowest BCUT2D eigenvalue weighted by Gasteiger charge is -2.37. The summed E-state index contributed by atoms with van der Waals surface area (Å²) in [6.07, 6.45) is 2.49. The molecule has 1 atom stereocenters. The molecule has 2 heterocycles. The Bertz CT molecular complexity index is 835. The summed E-state index contributed by atoms with van der Waals surface area (Å²) in [6, 6.07) is 6.08. The summed E-state index contributed by atoms with van der Waals surface area (Å²) < 4.78 is 32.3. The van der Waals surface area contributed by atoms with Crippen LogP contribution in [0.4, 0.5) is 0 Å². The highest BCUT2D eigenvalue weighted by atomic mass is 35.5. The van der Waals surface area contributed by atoms with Crippen molar-refractivity contribution in [1.29, 1.82) is 0 Å². The van der Waals surface area contributed by atoms with Gasteiger partial charge in [-0.15, -0.1) is 0 Å². The van der Waals surface area contributed by atoms with Gasteiger partial charge in [-0.2, -0.15) is 4.31 Å². The Hall–Kier alpha value is -1.64. The minimum atomic E-state index is -3.66. The van der Waals surface area contributed by atoms with Crippen LogP contribution in [0.15, 0.2) is 29.2 Å². The van der Waals surface area contributed by atoms with Crippen molar-refractivity contribution in [2.75, 3.05) is 32.8 Å². The number of esters is 1. The van der Waals surface area contributed by atoms with E-state index < -0.39 is 10.0 Å². The van der Waals surface area contributed by atoms with Crippen LogP contribution in [0.1, 0.15) is 32.6 Å². The lowest BCUT2D eigenvalue weighted by molar-refractivity contribution is -0.152. The molecule has 0 radical (unpaired) electrons. The van der Waals surface area contributed by atoms with Gasteiger partial charge in [0.05, 0.1) is 23.3 Å². The third-order valence-electron chi connectivity index (χ3n) is 5.61. The van der Waals surface area contributed by atoms with E-state index in [0.717, 1.165) is 0 Å². The predicted molar refractivity (Wildman–Crippen MR) is 109 cm³/mol. The second-order valence-electron chi connectivity index (χ2n) is 7.51. The largest absolute Gasteiger partial charge is 0.466 e. The van der Waals surface area contributed by atoms with E-state index in [9.17, 15) is 18.0 Å². The van der Waals surface area contributed by atoms with E-state index in [1.807, 2.05) is 0 Å². The molecule has 0 saturated carbocycles. The number of amides is 1. The number of halogens is 1. The third-order valence-corrected chi connectivity index (χ3v) is 7.74. The standard InChI is InChI=1S/C20H27ClN2O5S/c1-2-28-20(25)15-9-12-22(13-10-15)19(24)16-4-3-11-23(14-16)29(26,27)18-7-5-17(21)6-8-18/h5-8,15-16H,2-4,9-14H2,1H3/t16-/m0/s1. The summed E-state index contributed by atoms with van der Waals surface area (Å²) in [5, 5.41) is 0.474. The predicted octanol–water partition coefficient (Wildman–Crippen LogP) is 2.54. The van der Waals surface area contributed by atoms with E-state index in [0.29, 0.717) is 56.9 Å². The van der Waals surface area contributed by atoms with Crippen molar-refractivity contribution in [3.05, 3.63) is 29.3 Å². The van der Waals surface area contributed by atoms with Gasteiger partial charge in [-0.3, -0.25) is 9.59 Å². The number of benzene rings is 1. The molecule has 1 amide bonds. The zero-order valence-electron chi connectivity index (χ0n) is 16.5. The molecule has 29 heavy (non-hydrogen) atoms. The molecule has 2 fully saturated rings. The van der Waals surface area contributed by atoms with Crippen LogP contribution >= 0.6 is 11.6 Å². The first-order valence-corrected chi connectivity index (χ1v) is 11.9. The Balaban J connectivity index is 1.61. The molecule has 1 aromatic carbocycles. The first kappa shape index (κ1) is 22.1. The molecule has 7 nitrogen and oxygen atoms in total. The number of nitrogens with zero attached hydrogens (tertiary/aromatic N) is 2. The van der Waals surface area contributed by atoms with Crippen molar-refractivity contribution in [3.8, 4) is 0 Å². The molecule has 9 heteroatoms. The molecular formula is C20H27ClN2O5S. The maximum atomic E-state index is 13.0. The van der Waals surface area contributed by atoms with Gasteiger partial charge >= 0.3 is 5.97 Å². The lowest BCUT2D eigenvalue weighted by Crippen LogP contribution is -2.49. The molecule has 0 aromatic heterocycles. The van der Waals surface area contributed by atoms with E-state index in [2.05, 4.69) is 0 Å². The van der Waals surface area contributed by atoms with Crippen molar-refractivity contribution in [3.63, 3.8) is 0 Å². The molecule has 0 bridgehead atoms. The zero-order valence-corrected chi connectivity index (χ0v) is 18.1. The van der Waals surface area contributed by atoms with Crippen LogP contribution in [-0.4, -0.2) is 62.3 Å². The normalized spacial score (nSPS) is 21.7. The maximum absolute atomic E-state index is 13.0. The Kier molecular flexibility index (Phi) is 7.19. The fraction of sp³-hybridized carbons (Fsp3) is 0.600. The van der Waals surface area contributed by atoms with Gasteiger partial charge in [0.15, 0.2) is 0 Å². The van der Waals surface area contributed by atoms with Crippen molar-refractivity contribution in [1.82, 2.24) is 9.21 Å². The number of likely N-dealkylation sites (tertiary alicyclic amines) is 1. The summed E-state index contributed by atoms with van der Waals surface area (Å²) in [5.41, 5.74) is 0. The summed E-state index contributed by atoms with van der Waals surface area (Å²) in [5.74, 6) is -0.738. The van der Waals surface area contributed by atoms with Gasteiger partial charge in [-0.25, -0.2) is 8.42 Å². The number of sulfonamides is 1. The van der Waals surface area contributed by atoms with Crippen LogP contribution in [0, 0.1) is 11.8 Å². The topological polar surface area (TPSA) is 84.0 Å². The Morgan fingerprint density at radius 3 is 2.34 bits per heavy atom. The molecule has 2 saturated heterocycles. The highest BCUT2D eigenvalue weighted by Gasteiger charge is 2.36. The van der Waals surface area contributed by atoms with Crippen molar-refractivity contribution in [2.24, 2.45) is 11.8 Å². The van der Waals surface area contributed by atoms with Crippen molar-refractivity contribution in [2.45, 2.75) is 37.5 Å². The SMILES string of the molecule is CCOC(=O)C1CCN(C(=O)[C@H]2CCCN(S(=O)(=O)c3ccc(Cl)cc3)C2)CC1. The minimum Gasteiger partial charge on any atom is -0.466 e. The van der Waals surface area contributed by atoms with Gasteiger partial charge in [-0.05, 0) is 56.9 Å². The van der Waals surface area contributed by atoms with Gasteiger partial charge in [0.25, 0.3) is 0 Å². The Morgan fingerprint density at radius 2 is 1.72 bits per heavy atom. The number of piperidine rings is 2. The quantitative estimate of drug-likeness (QED) is 0.654. The second kappa shape index (κ2) is 9.45. The smallest absolute Gasteiger partial charge is 0.309 e. The molecule has 2 aliphatic heterocycles. The molecule has 0 aliphatic carbocycles. The number of carbonyl (C=O) groups excluding carboxylic acids is 2. The lowest BCUT2D eigenvalue weighted by atomic mass is 9.93. The minimum absolute atomic E-state index is 0.0247. The van der Waals surface area contributed by atoms with Crippen LogP contribution in [0.2, 0.25) is 5.02 Å². The van der Waals surface area contributed by atoms with Gasteiger partial charge in [0.1, 0.15) is 0 Å². The molecule has 0 unspecified atom stereocenters. The fourth-order valence-electron chi connectivity index (χ4n) is 3.97. The Morgan fingerprint density at radius 1 is 1.07 bits per heavy atom. The van der Waals surface area contributed by atoms with Crippen molar-refractivity contribution < 1.29 is 22.7 Å². The first-order chi connectivity index (χ1) is 13.8. The fourth-order valence-corrected chi connectivity index (χ4v) is 5.62. The molecule has 2 aliphatic rings. The van der Waals surface area contributed by atoms with E-state index >= 15 is 0 Å². The van der Waals surface area contributed by atoms with E-state index in [1.54, 1.807) is 24.0 Å². The average molecular weight is 443 g/mol. The number of carbonyl (C=O) groups is 2. The van der Waals surface area contributed by atoms with Crippen LogP contribution in [-0.2, 0) is 24.3 Å². The second-order valence-corrected chi connectivity index (χ2v) is 9.88. The summed E-state index contributed by atoms with van der Waals surface area (Å²) in [7, 11) is -3.66. The van der Waals surface area contributed by atoms with Crippen LogP contribution in [0.5, 0.6) is 0 Å². The first-order valence-electron chi connectivity index (χ1n) is 10.0. The summed E-state index contributed by atoms with van der Waals surface area (Å²) >= 11 is 5.86. The highest BCUT2D eigenvalue weighted by Crippen LogP contribution is 2.27. The third kappa shape index (κ3) is 5.10. The number of ether oxygens (including phenoxy) is 1. The molecule has 3 rings (SSSR count). The van der Waals surface area contributed by atoms with Gasteiger partial charge in [-0.1, -0.05) is 11.6 Å². The van der Waals surface area contributed by atoms with Crippen LogP contribution in [0.3, 0.4) is 0 Å². The van der Waals surface area contributed by atoms with Gasteiger partial charge < -0.3 is 9.64 Å². The number of hydrogen-bond donors (Lipinski definition) is 0. The number of hydrogen-bond acceptors (Lipinski definition) is 5. The Labute approximate surface area is 177 Å². The molecule has 0 spiro atoms. The molecule has 160 valence electrons. The van der Waals surface area contributed by atoms with Gasteiger partial charge in [0.2, 0.25) is 15.9 Å². The van der Waals surface area contributed by atoms with E-state index in [-0.39, 0.29) is 35.2 Å². The average Bonchev–Trinajstić information content (AvgIpc) is 2.74.